The van der Waals surface area contributed by atoms with Gasteiger partial charge in [-0.3, -0.25) is 0 Å². The van der Waals surface area contributed by atoms with Crippen LogP contribution in [-0.4, -0.2) is 6.61 Å². The number of nitrogens with two attached hydrogens (primary N) is 1. The molecule has 1 heterocycles. The van der Waals surface area contributed by atoms with Gasteiger partial charge in [0, 0.05) is 3.57 Å². The Balaban J connectivity index is 2.66. The van der Waals surface area contributed by atoms with Crippen LogP contribution in [0.15, 0.2) is 18.2 Å². The molecular formula is C10H10INOS. The maximum atomic E-state index is 5.77. The van der Waals surface area contributed by atoms with Crippen molar-refractivity contribution in [2.75, 3.05) is 12.3 Å². The predicted octanol–water partition coefficient (Wildman–Crippen LogP) is 3.49. The third kappa shape index (κ3) is 1.81. The molecule has 0 unspecified atom stereocenters. The number of nitrogen functional groups attached to an aromatic ring is 1. The predicted molar refractivity (Wildman–Crippen MR) is 70.1 cm³/mol. The van der Waals surface area contributed by atoms with Crippen molar-refractivity contribution in [1.29, 1.82) is 0 Å². The quantitative estimate of drug-likeness (QED) is 0.860. The minimum atomic E-state index is 0.687. The second-order valence-electron chi connectivity index (χ2n) is 2.90. The molecule has 0 aliphatic carbocycles. The summed E-state index contributed by atoms with van der Waals surface area (Å²) in [5.41, 5.74) is 5.77. The van der Waals surface area contributed by atoms with E-state index in [9.17, 15) is 0 Å². The number of anilines is 1. The molecule has 0 bridgehead atoms. The molecule has 0 radical (unpaired) electrons. The second-order valence-corrected chi connectivity index (χ2v) is 5.23. The number of fused-ring (bicyclic) bond motifs is 1. The maximum absolute atomic E-state index is 5.77. The van der Waals surface area contributed by atoms with E-state index in [2.05, 4.69) is 28.7 Å². The standard InChI is InChI=1S/C10H10INOS/c1-2-13-8-5-7(11)3-6-4-9(12)14-10(6)8/h3-5H,2,12H2,1H3. The van der Waals surface area contributed by atoms with Gasteiger partial charge in [-0.25, -0.2) is 0 Å². The lowest BCUT2D eigenvalue weighted by Gasteiger charge is -2.04. The van der Waals surface area contributed by atoms with E-state index < -0.39 is 0 Å². The highest BCUT2D eigenvalue weighted by Crippen LogP contribution is 2.36. The summed E-state index contributed by atoms with van der Waals surface area (Å²) in [4.78, 5) is 0. The van der Waals surface area contributed by atoms with Crippen molar-refractivity contribution in [3.05, 3.63) is 21.8 Å². The SMILES string of the molecule is CCOc1cc(I)cc2cc(N)sc12. The monoisotopic (exact) mass is 319 g/mol. The molecule has 14 heavy (non-hydrogen) atoms. The molecule has 0 fully saturated rings. The number of hydrogen-bond acceptors (Lipinski definition) is 3. The largest absolute Gasteiger partial charge is 0.492 e. The van der Waals surface area contributed by atoms with Crippen LogP contribution in [0.2, 0.25) is 0 Å². The summed E-state index contributed by atoms with van der Waals surface area (Å²) < 4.78 is 7.88. The Kier molecular flexibility index (Phi) is 2.83. The van der Waals surface area contributed by atoms with Gasteiger partial charge >= 0.3 is 0 Å². The molecule has 4 heteroatoms. The molecule has 0 spiro atoms. The Morgan fingerprint density at radius 1 is 1.43 bits per heavy atom. The molecule has 2 N–H and O–H groups in total. The molecule has 0 amide bonds. The second kappa shape index (κ2) is 3.94. The van der Waals surface area contributed by atoms with Gasteiger partial charge in [-0.15, -0.1) is 11.3 Å². The minimum absolute atomic E-state index is 0.687. The van der Waals surface area contributed by atoms with Gasteiger partial charge in [0.15, 0.2) is 0 Å². The highest BCUT2D eigenvalue weighted by atomic mass is 127. The zero-order valence-electron chi connectivity index (χ0n) is 7.71. The Hall–Kier alpha value is -0.490. The van der Waals surface area contributed by atoms with E-state index in [0.717, 1.165) is 15.5 Å². The van der Waals surface area contributed by atoms with Crippen LogP contribution in [0.5, 0.6) is 5.75 Å². The molecular weight excluding hydrogens is 309 g/mol. The molecule has 2 rings (SSSR count). The maximum Gasteiger partial charge on any atom is 0.138 e. The van der Waals surface area contributed by atoms with Gasteiger partial charge in [-0.2, -0.15) is 0 Å². The van der Waals surface area contributed by atoms with Crippen LogP contribution in [0.25, 0.3) is 10.1 Å². The number of ether oxygens (including phenoxy) is 1. The summed E-state index contributed by atoms with van der Waals surface area (Å²) in [7, 11) is 0. The van der Waals surface area contributed by atoms with Gasteiger partial charge in [0.2, 0.25) is 0 Å². The van der Waals surface area contributed by atoms with Crippen LogP contribution in [0.1, 0.15) is 6.92 Å². The number of rotatable bonds is 2. The molecule has 74 valence electrons. The average Bonchev–Trinajstić information content (AvgIpc) is 2.45. The van der Waals surface area contributed by atoms with Gasteiger partial charge in [0.1, 0.15) is 5.75 Å². The molecule has 1 aromatic heterocycles. The molecule has 2 nitrogen and oxygen atoms in total. The van der Waals surface area contributed by atoms with Crippen molar-refractivity contribution >= 4 is 49.0 Å². The number of thiophene rings is 1. The van der Waals surface area contributed by atoms with Gasteiger partial charge in [0.05, 0.1) is 16.3 Å². The van der Waals surface area contributed by atoms with Gasteiger partial charge in [0.25, 0.3) is 0 Å². The lowest BCUT2D eigenvalue weighted by atomic mass is 10.2. The summed E-state index contributed by atoms with van der Waals surface area (Å²) in [5, 5.41) is 2.01. The lowest BCUT2D eigenvalue weighted by Crippen LogP contribution is -1.91. The van der Waals surface area contributed by atoms with Crippen molar-refractivity contribution in [3.63, 3.8) is 0 Å². The molecule has 0 aliphatic heterocycles. The summed E-state index contributed by atoms with van der Waals surface area (Å²) >= 11 is 3.86. The molecule has 2 aromatic rings. The Morgan fingerprint density at radius 2 is 2.21 bits per heavy atom. The number of benzene rings is 1. The first-order valence-electron chi connectivity index (χ1n) is 4.32. The van der Waals surface area contributed by atoms with Crippen LogP contribution in [0, 0.1) is 3.57 Å². The van der Waals surface area contributed by atoms with E-state index in [1.807, 2.05) is 19.1 Å². The topological polar surface area (TPSA) is 35.2 Å². The summed E-state index contributed by atoms with van der Waals surface area (Å²) in [5.74, 6) is 0.941. The normalized spacial score (nSPS) is 10.7. The fraction of sp³-hybridized carbons (Fsp3) is 0.200. The summed E-state index contributed by atoms with van der Waals surface area (Å²) in [6, 6.07) is 6.15. The van der Waals surface area contributed by atoms with E-state index in [1.54, 1.807) is 11.3 Å². The molecule has 0 atom stereocenters. The van der Waals surface area contributed by atoms with Gasteiger partial charge < -0.3 is 10.5 Å². The Labute approximate surface area is 100 Å². The third-order valence-corrected chi connectivity index (χ3v) is 3.48. The molecule has 1 aromatic carbocycles. The van der Waals surface area contributed by atoms with Crippen LogP contribution in [0.3, 0.4) is 0 Å². The molecule has 0 aliphatic rings. The van der Waals surface area contributed by atoms with Crippen molar-refractivity contribution in [2.24, 2.45) is 0 Å². The molecule has 0 saturated heterocycles. The minimum Gasteiger partial charge on any atom is -0.492 e. The zero-order chi connectivity index (χ0) is 10.1. The van der Waals surface area contributed by atoms with E-state index in [-0.39, 0.29) is 0 Å². The fourth-order valence-corrected chi connectivity index (χ4v) is 2.86. The van der Waals surface area contributed by atoms with Gasteiger partial charge in [-0.05, 0) is 53.1 Å². The van der Waals surface area contributed by atoms with Crippen molar-refractivity contribution in [2.45, 2.75) is 6.92 Å². The zero-order valence-corrected chi connectivity index (χ0v) is 10.7. The van der Waals surface area contributed by atoms with E-state index in [0.29, 0.717) is 6.61 Å². The van der Waals surface area contributed by atoms with Crippen LogP contribution in [-0.2, 0) is 0 Å². The van der Waals surface area contributed by atoms with Crippen molar-refractivity contribution < 1.29 is 4.74 Å². The Bertz CT molecular complexity index is 466. The first-order chi connectivity index (χ1) is 6.70. The van der Waals surface area contributed by atoms with Crippen LogP contribution in [0.4, 0.5) is 5.00 Å². The van der Waals surface area contributed by atoms with Crippen molar-refractivity contribution in [1.82, 2.24) is 0 Å². The highest BCUT2D eigenvalue weighted by Gasteiger charge is 2.07. The fourth-order valence-electron chi connectivity index (χ4n) is 1.37. The third-order valence-electron chi connectivity index (χ3n) is 1.87. The van der Waals surface area contributed by atoms with Crippen LogP contribution >= 0.6 is 33.9 Å². The van der Waals surface area contributed by atoms with Gasteiger partial charge in [-0.1, -0.05) is 0 Å². The average molecular weight is 319 g/mol. The van der Waals surface area contributed by atoms with E-state index in [1.165, 1.54) is 8.96 Å². The highest BCUT2D eigenvalue weighted by molar-refractivity contribution is 14.1. The first kappa shape index (κ1) is 10.0. The smallest absolute Gasteiger partial charge is 0.138 e. The molecule has 0 saturated carbocycles. The number of hydrogen-bond donors (Lipinski definition) is 1. The summed E-state index contributed by atoms with van der Waals surface area (Å²) in [6.07, 6.45) is 0. The Morgan fingerprint density at radius 3 is 2.93 bits per heavy atom. The van der Waals surface area contributed by atoms with Crippen LogP contribution < -0.4 is 10.5 Å². The lowest BCUT2D eigenvalue weighted by molar-refractivity contribution is 0.344. The van der Waals surface area contributed by atoms with E-state index in [4.69, 9.17) is 10.5 Å². The number of halogens is 1. The van der Waals surface area contributed by atoms with E-state index >= 15 is 0 Å². The van der Waals surface area contributed by atoms with Crippen molar-refractivity contribution in [3.8, 4) is 5.75 Å². The first-order valence-corrected chi connectivity index (χ1v) is 6.21. The summed E-state index contributed by atoms with van der Waals surface area (Å²) in [6.45, 7) is 2.68.